The first-order valence-corrected chi connectivity index (χ1v) is 6.76. The third kappa shape index (κ3) is 1.48. The Morgan fingerprint density at radius 3 is 2.62 bits per heavy atom. The molecule has 0 N–H and O–H groups in total. The Bertz CT molecular complexity index is 383. The summed E-state index contributed by atoms with van der Waals surface area (Å²) in [5.41, 5.74) is 2.70. The summed E-state index contributed by atoms with van der Waals surface area (Å²) in [6, 6.07) is 0. The minimum Gasteiger partial charge on any atom is -0.249 e. The maximum Gasteiger partial charge on any atom is 0.0859 e. The van der Waals surface area contributed by atoms with Gasteiger partial charge in [0, 0.05) is 6.54 Å². The zero-order chi connectivity index (χ0) is 11.1. The van der Waals surface area contributed by atoms with E-state index in [1.807, 2.05) is 0 Å². The fourth-order valence-electron chi connectivity index (χ4n) is 3.68. The zero-order valence-corrected chi connectivity index (χ0v) is 10.3. The van der Waals surface area contributed by atoms with Crippen molar-refractivity contribution in [3.63, 3.8) is 0 Å². The number of hydrogen-bond donors (Lipinski definition) is 0. The van der Waals surface area contributed by atoms with E-state index in [4.69, 9.17) is 0 Å². The van der Waals surface area contributed by atoms with E-state index >= 15 is 0 Å². The summed E-state index contributed by atoms with van der Waals surface area (Å²) < 4.78 is 2.10. The molecule has 88 valence electrons. The monoisotopic (exact) mass is 219 g/mol. The molecule has 2 aliphatic rings. The second-order valence-corrected chi connectivity index (χ2v) is 5.28. The molecule has 1 heterocycles. The highest BCUT2D eigenvalue weighted by molar-refractivity contribution is 5.15. The van der Waals surface area contributed by atoms with Crippen molar-refractivity contribution in [2.45, 2.75) is 52.5 Å². The van der Waals surface area contributed by atoms with Crippen LogP contribution in [0.25, 0.3) is 0 Å². The maximum absolute atomic E-state index is 4.35. The van der Waals surface area contributed by atoms with E-state index in [9.17, 15) is 0 Å². The van der Waals surface area contributed by atoms with Gasteiger partial charge in [-0.05, 0) is 50.4 Å². The van der Waals surface area contributed by atoms with Crippen molar-refractivity contribution in [3.05, 3.63) is 11.4 Å². The molecule has 0 aromatic carbocycles. The molecule has 1 fully saturated rings. The largest absolute Gasteiger partial charge is 0.249 e. The van der Waals surface area contributed by atoms with Crippen LogP contribution in [0.4, 0.5) is 0 Å². The molecule has 0 bridgehead atoms. The van der Waals surface area contributed by atoms with E-state index in [-0.39, 0.29) is 0 Å². The Morgan fingerprint density at radius 1 is 1.19 bits per heavy atom. The van der Waals surface area contributed by atoms with Crippen LogP contribution in [0.1, 0.15) is 44.5 Å². The standard InChI is InChI=1S/C13H21N3/c1-3-9-10-5-7-12-13(8-6-11(9)10)16(4-2)15-14-12/h9-11H,3-8H2,1-2H3/t9?,10-,11+/m0/s1. The van der Waals surface area contributed by atoms with Crippen LogP contribution in [0.5, 0.6) is 0 Å². The van der Waals surface area contributed by atoms with E-state index in [1.165, 1.54) is 37.1 Å². The fraction of sp³-hybridized carbons (Fsp3) is 0.846. The van der Waals surface area contributed by atoms with Gasteiger partial charge in [-0.1, -0.05) is 18.6 Å². The van der Waals surface area contributed by atoms with Gasteiger partial charge in [-0.15, -0.1) is 5.10 Å². The van der Waals surface area contributed by atoms with Crippen LogP contribution in [0.15, 0.2) is 0 Å². The molecule has 3 nitrogen and oxygen atoms in total. The van der Waals surface area contributed by atoms with Gasteiger partial charge in [0.25, 0.3) is 0 Å². The first-order valence-electron chi connectivity index (χ1n) is 6.76. The summed E-state index contributed by atoms with van der Waals surface area (Å²) in [7, 11) is 0. The van der Waals surface area contributed by atoms with Gasteiger partial charge in [0.15, 0.2) is 0 Å². The summed E-state index contributed by atoms with van der Waals surface area (Å²) in [5, 5.41) is 8.59. The molecular formula is C13H21N3. The number of aromatic nitrogens is 3. The van der Waals surface area contributed by atoms with E-state index in [2.05, 4.69) is 28.8 Å². The predicted octanol–water partition coefficient (Wildman–Crippen LogP) is 2.45. The molecule has 3 atom stereocenters. The average molecular weight is 219 g/mol. The minimum absolute atomic E-state index is 0.966. The van der Waals surface area contributed by atoms with Crippen LogP contribution in [0, 0.1) is 17.8 Å². The number of nitrogens with zero attached hydrogens (tertiary/aromatic N) is 3. The number of fused-ring (bicyclic) bond motifs is 2. The van der Waals surface area contributed by atoms with Crippen LogP contribution in [0.2, 0.25) is 0 Å². The van der Waals surface area contributed by atoms with E-state index in [0.29, 0.717) is 0 Å². The molecule has 0 saturated heterocycles. The first-order chi connectivity index (χ1) is 7.85. The predicted molar refractivity (Wildman–Crippen MR) is 63.1 cm³/mol. The molecule has 3 rings (SSSR count). The van der Waals surface area contributed by atoms with Gasteiger partial charge < -0.3 is 0 Å². The van der Waals surface area contributed by atoms with Crippen LogP contribution < -0.4 is 0 Å². The van der Waals surface area contributed by atoms with Gasteiger partial charge in [-0.2, -0.15) is 0 Å². The number of hydrogen-bond acceptors (Lipinski definition) is 2. The van der Waals surface area contributed by atoms with Crippen LogP contribution in [-0.4, -0.2) is 15.0 Å². The quantitative estimate of drug-likeness (QED) is 0.765. The van der Waals surface area contributed by atoms with Crippen molar-refractivity contribution in [2.75, 3.05) is 0 Å². The smallest absolute Gasteiger partial charge is 0.0859 e. The van der Waals surface area contributed by atoms with Crippen molar-refractivity contribution in [3.8, 4) is 0 Å². The molecule has 0 spiro atoms. The van der Waals surface area contributed by atoms with Gasteiger partial charge in [-0.25, -0.2) is 4.68 Å². The number of aryl methyl sites for hydroxylation is 2. The van der Waals surface area contributed by atoms with E-state index in [0.717, 1.165) is 30.7 Å². The van der Waals surface area contributed by atoms with E-state index < -0.39 is 0 Å². The second kappa shape index (κ2) is 3.86. The summed E-state index contributed by atoms with van der Waals surface area (Å²) in [4.78, 5) is 0. The lowest BCUT2D eigenvalue weighted by Gasteiger charge is -2.09. The summed E-state index contributed by atoms with van der Waals surface area (Å²) in [6.07, 6.45) is 6.45. The summed E-state index contributed by atoms with van der Waals surface area (Å²) in [5.74, 6) is 3.04. The van der Waals surface area contributed by atoms with Crippen molar-refractivity contribution in [1.29, 1.82) is 0 Å². The maximum atomic E-state index is 4.35. The van der Waals surface area contributed by atoms with Crippen LogP contribution in [-0.2, 0) is 19.4 Å². The van der Waals surface area contributed by atoms with Gasteiger partial charge >= 0.3 is 0 Å². The van der Waals surface area contributed by atoms with Crippen LogP contribution in [0.3, 0.4) is 0 Å². The molecule has 16 heavy (non-hydrogen) atoms. The third-order valence-corrected chi connectivity index (χ3v) is 4.63. The normalized spacial score (nSPS) is 32.5. The highest BCUT2D eigenvalue weighted by Crippen LogP contribution is 2.54. The Hall–Kier alpha value is -0.860. The van der Waals surface area contributed by atoms with Crippen LogP contribution >= 0.6 is 0 Å². The molecule has 2 aliphatic carbocycles. The third-order valence-electron chi connectivity index (χ3n) is 4.63. The minimum atomic E-state index is 0.966. The molecule has 1 saturated carbocycles. The average Bonchev–Trinajstić information content (AvgIpc) is 2.80. The highest BCUT2D eigenvalue weighted by atomic mass is 15.4. The lowest BCUT2D eigenvalue weighted by Crippen LogP contribution is -2.07. The molecule has 1 aromatic rings. The van der Waals surface area contributed by atoms with Gasteiger partial charge in [0.1, 0.15) is 0 Å². The van der Waals surface area contributed by atoms with Crippen molar-refractivity contribution in [2.24, 2.45) is 17.8 Å². The highest BCUT2D eigenvalue weighted by Gasteiger charge is 2.48. The Labute approximate surface area is 97.2 Å². The van der Waals surface area contributed by atoms with Gasteiger partial charge in [0.05, 0.1) is 11.4 Å². The van der Waals surface area contributed by atoms with Gasteiger partial charge in [0.2, 0.25) is 0 Å². The SMILES string of the molecule is CCC1[C@H]2CCc3c(nnn3CC)CC[C@@H]12. The molecular weight excluding hydrogens is 198 g/mol. The molecule has 1 aromatic heterocycles. The first kappa shape index (κ1) is 10.3. The van der Waals surface area contributed by atoms with E-state index in [1.54, 1.807) is 0 Å². The molecule has 0 radical (unpaired) electrons. The fourth-order valence-corrected chi connectivity index (χ4v) is 3.68. The molecule has 1 unspecified atom stereocenters. The van der Waals surface area contributed by atoms with Gasteiger partial charge in [-0.3, -0.25) is 0 Å². The molecule has 0 aliphatic heterocycles. The topological polar surface area (TPSA) is 30.7 Å². The Morgan fingerprint density at radius 2 is 1.94 bits per heavy atom. The zero-order valence-electron chi connectivity index (χ0n) is 10.3. The van der Waals surface area contributed by atoms with Crippen molar-refractivity contribution >= 4 is 0 Å². The Kier molecular flexibility index (Phi) is 2.49. The lowest BCUT2D eigenvalue weighted by atomic mass is 10.0. The van der Waals surface area contributed by atoms with Crippen molar-refractivity contribution in [1.82, 2.24) is 15.0 Å². The Balaban J connectivity index is 1.80. The summed E-state index contributed by atoms with van der Waals surface area (Å²) in [6.45, 7) is 5.46. The lowest BCUT2D eigenvalue weighted by molar-refractivity contribution is 0.547. The summed E-state index contributed by atoms with van der Waals surface area (Å²) >= 11 is 0. The molecule has 0 amide bonds. The molecule has 3 heteroatoms. The second-order valence-electron chi connectivity index (χ2n) is 5.28. The number of rotatable bonds is 2. The van der Waals surface area contributed by atoms with Crippen molar-refractivity contribution < 1.29 is 0 Å².